The predicted octanol–water partition coefficient (Wildman–Crippen LogP) is 5.05. The van der Waals surface area contributed by atoms with Crippen LogP contribution in [0.5, 0.6) is 0 Å². The summed E-state index contributed by atoms with van der Waals surface area (Å²) in [7, 11) is -3.71. The molecule has 0 aliphatic carbocycles. The summed E-state index contributed by atoms with van der Waals surface area (Å²) in [6.45, 7) is 2.50. The number of hydrogen-bond acceptors (Lipinski definition) is 4. The van der Waals surface area contributed by atoms with E-state index in [0.29, 0.717) is 18.8 Å². The summed E-state index contributed by atoms with van der Waals surface area (Å²) in [5.41, 5.74) is 0.502. The van der Waals surface area contributed by atoms with Gasteiger partial charge < -0.3 is 10.2 Å². The Kier molecular flexibility index (Phi) is 7.70. The maximum atomic E-state index is 13.2. The van der Waals surface area contributed by atoms with E-state index in [2.05, 4.69) is 10.2 Å². The lowest BCUT2D eigenvalue weighted by atomic mass is 10.1. The summed E-state index contributed by atoms with van der Waals surface area (Å²) in [4.78, 5) is 15.1. The molecule has 2 aliphatic rings. The van der Waals surface area contributed by atoms with Crippen molar-refractivity contribution in [3.8, 4) is 0 Å². The van der Waals surface area contributed by atoms with E-state index in [9.17, 15) is 26.4 Å². The minimum absolute atomic E-state index is 0.106. The van der Waals surface area contributed by atoms with E-state index in [-0.39, 0.29) is 16.9 Å². The number of piperidine rings is 2. The van der Waals surface area contributed by atoms with Crippen LogP contribution in [-0.2, 0) is 27.4 Å². The molecule has 2 saturated heterocycles. The number of sulfonamides is 1. The summed E-state index contributed by atoms with van der Waals surface area (Å²) in [6.07, 6.45) is 0.956. The molecule has 10 heteroatoms. The van der Waals surface area contributed by atoms with Crippen molar-refractivity contribution in [1.82, 2.24) is 4.31 Å². The number of halogens is 3. The van der Waals surface area contributed by atoms with Gasteiger partial charge in [0.25, 0.3) is 0 Å². The van der Waals surface area contributed by atoms with Gasteiger partial charge in [0.2, 0.25) is 15.9 Å². The molecule has 0 radical (unpaired) electrons. The smallest absolute Gasteiger partial charge is 0.370 e. The number of anilines is 2. The molecular formula is C25H30F3N3O3S. The second kappa shape index (κ2) is 10.6. The van der Waals surface area contributed by atoms with Gasteiger partial charge in [0.05, 0.1) is 28.3 Å². The molecule has 190 valence electrons. The number of hydrogen-bond donors (Lipinski definition) is 1. The first-order chi connectivity index (χ1) is 16.6. The molecule has 6 nitrogen and oxygen atoms in total. The first-order valence-electron chi connectivity index (χ1n) is 12.0. The van der Waals surface area contributed by atoms with Crippen LogP contribution < -0.4 is 10.2 Å². The topological polar surface area (TPSA) is 69.7 Å². The van der Waals surface area contributed by atoms with Gasteiger partial charge in [-0.15, -0.1) is 0 Å². The Labute approximate surface area is 204 Å². The summed E-state index contributed by atoms with van der Waals surface area (Å²) in [5.74, 6) is -0.505. The minimum atomic E-state index is -4.49. The third-order valence-corrected chi connectivity index (χ3v) is 8.41. The molecule has 2 aromatic rings. The second-order valence-electron chi connectivity index (χ2n) is 9.11. The van der Waals surface area contributed by atoms with Gasteiger partial charge in [-0.2, -0.15) is 17.5 Å². The van der Waals surface area contributed by atoms with E-state index < -0.39 is 27.7 Å². The lowest BCUT2D eigenvalue weighted by molar-refractivity contribution is -0.137. The Morgan fingerprint density at radius 1 is 0.886 bits per heavy atom. The van der Waals surface area contributed by atoms with Crippen molar-refractivity contribution in [2.45, 2.75) is 56.0 Å². The minimum Gasteiger partial charge on any atom is -0.370 e. The quantitative estimate of drug-likeness (QED) is 0.592. The Morgan fingerprint density at radius 2 is 1.54 bits per heavy atom. The van der Waals surface area contributed by atoms with E-state index in [1.165, 1.54) is 22.5 Å². The van der Waals surface area contributed by atoms with Crippen LogP contribution in [0, 0.1) is 0 Å². The Hall–Kier alpha value is -2.59. The maximum Gasteiger partial charge on any atom is 0.416 e. The molecular weight excluding hydrogens is 479 g/mol. The fraction of sp³-hybridized carbons (Fsp3) is 0.480. The van der Waals surface area contributed by atoms with Crippen molar-refractivity contribution >= 4 is 27.3 Å². The molecule has 0 saturated carbocycles. The molecule has 1 amide bonds. The number of amides is 1. The largest absolute Gasteiger partial charge is 0.416 e. The number of carbonyl (C=O) groups excluding carboxylic acids is 1. The molecule has 0 unspecified atom stereocenters. The van der Waals surface area contributed by atoms with Crippen LogP contribution in [0.25, 0.3) is 0 Å². The van der Waals surface area contributed by atoms with Crippen LogP contribution in [0.4, 0.5) is 24.5 Å². The third kappa shape index (κ3) is 6.16. The number of rotatable bonds is 6. The van der Waals surface area contributed by atoms with Crippen molar-refractivity contribution in [2.75, 3.05) is 36.4 Å². The average Bonchev–Trinajstić information content (AvgIpc) is 2.84. The Morgan fingerprint density at radius 3 is 2.20 bits per heavy atom. The van der Waals surface area contributed by atoms with Crippen LogP contribution in [0.2, 0.25) is 0 Å². The highest BCUT2D eigenvalue weighted by Gasteiger charge is 2.31. The standard InChI is InChI=1S/C25H30F3N3O3S/c26-25(27,28)20-9-7-8-19(16-20)17-24(32)29-22-18-21(35(33,34)31-14-5-2-6-15-31)10-11-23(22)30-12-3-1-4-13-30/h7-11,16,18H,1-6,12-15,17H2,(H,29,32). The number of benzene rings is 2. The van der Waals surface area contributed by atoms with Gasteiger partial charge in [0.1, 0.15) is 0 Å². The van der Waals surface area contributed by atoms with E-state index in [1.807, 2.05) is 0 Å². The van der Waals surface area contributed by atoms with Gasteiger partial charge in [0.15, 0.2) is 0 Å². The van der Waals surface area contributed by atoms with Crippen molar-refractivity contribution in [3.63, 3.8) is 0 Å². The molecule has 1 N–H and O–H groups in total. The van der Waals surface area contributed by atoms with Crippen molar-refractivity contribution in [3.05, 3.63) is 53.6 Å². The molecule has 2 aromatic carbocycles. The first kappa shape index (κ1) is 25.5. The maximum absolute atomic E-state index is 13.2. The summed E-state index contributed by atoms with van der Waals surface area (Å²) >= 11 is 0. The highest BCUT2D eigenvalue weighted by atomic mass is 32.2. The average molecular weight is 510 g/mol. The normalized spacial score (nSPS) is 17.9. The molecule has 2 fully saturated rings. The van der Waals surface area contributed by atoms with E-state index in [1.54, 1.807) is 12.1 Å². The zero-order chi connectivity index (χ0) is 25.1. The van der Waals surface area contributed by atoms with Gasteiger partial charge >= 0.3 is 6.18 Å². The Balaban J connectivity index is 1.60. The first-order valence-corrected chi connectivity index (χ1v) is 13.4. The van der Waals surface area contributed by atoms with Crippen LogP contribution in [0.3, 0.4) is 0 Å². The number of alkyl halides is 3. The number of nitrogens with zero attached hydrogens (tertiary/aromatic N) is 2. The van der Waals surface area contributed by atoms with Gasteiger partial charge in [-0.25, -0.2) is 8.42 Å². The fourth-order valence-electron chi connectivity index (χ4n) is 4.68. The predicted molar refractivity (Wildman–Crippen MR) is 129 cm³/mol. The van der Waals surface area contributed by atoms with Gasteiger partial charge in [-0.05, 0) is 61.9 Å². The molecule has 0 spiro atoms. The van der Waals surface area contributed by atoms with Crippen LogP contribution in [0.15, 0.2) is 47.4 Å². The molecule has 2 aliphatic heterocycles. The second-order valence-corrected chi connectivity index (χ2v) is 11.1. The fourth-order valence-corrected chi connectivity index (χ4v) is 6.22. The zero-order valence-electron chi connectivity index (χ0n) is 19.5. The molecule has 0 atom stereocenters. The van der Waals surface area contributed by atoms with E-state index in [4.69, 9.17) is 0 Å². The lowest BCUT2D eigenvalue weighted by Gasteiger charge is -2.31. The van der Waals surface area contributed by atoms with Crippen molar-refractivity contribution in [2.24, 2.45) is 0 Å². The summed E-state index contributed by atoms with van der Waals surface area (Å²) < 4.78 is 67.1. The molecule has 35 heavy (non-hydrogen) atoms. The van der Waals surface area contributed by atoms with E-state index >= 15 is 0 Å². The third-order valence-electron chi connectivity index (χ3n) is 6.51. The van der Waals surface area contributed by atoms with Crippen LogP contribution in [-0.4, -0.2) is 44.8 Å². The van der Waals surface area contributed by atoms with Crippen molar-refractivity contribution < 1.29 is 26.4 Å². The molecule has 4 rings (SSSR count). The highest BCUT2D eigenvalue weighted by Crippen LogP contribution is 2.33. The molecule has 0 aromatic heterocycles. The Bertz CT molecular complexity index is 1160. The van der Waals surface area contributed by atoms with Gasteiger partial charge in [0, 0.05) is 26.2 Å². The van der Waals surface area contributed by atoms with Crippen LogP contribution in [0.1, 0.15) is 49.7 Å². The summed E-state index contributed by atoms with van der Waals surface area (Å²) in [5, 5.41) is 2.79. The highest BCUT2D eigenvalue weighted by molar-refractivity contribution is 7.89. The van der Waals surface area contributed by atoms with Crippen LogP contribution >= 0.6 is 0 Å². The molecule has 0 bridgehead atoms. The summed E-state index contributed by atoms with van der Waals surface area (Å²) in [6, 6.07) is 9.46. The zero-order valence-corrected chi connectivity index (χ0v) is 20.3. The van der Waals surface area contributed by atoms with Gasteiger partial charge in [-0.1, -0.05) is 24.6 Å². The number of carbonyl (C=O) groups is 1. The van der Waals surface area contributed by atoms with Crippen molar-refractivity contribution in [1.29, 1.82) is 0 Å². The van der Waals surface area contributed by atoms with E-state index in [0.717, 1.165) is 69.4 Å². The molecule has 2 heterocycles. The SMILES string of the molecule is O=C(Cc1cccc(C(F)(F)F)c1)Nc1cc(S(=O)(=O)N2CCCCC2)ccc1N1CCCCC1. The lowest BCUT2D eigenvalue weighted by Crippen LogP contribution is -2.36. The van der Waals surface area contributed by atoms with Gasteiger partial charge in [-0.3, -0.25) is 4.79 Å². The monoisotopic (exact) mass is 509 g/mol. The number of nitrogens with one attached hydrogen (secondary N) is 1.